The zero-order chi connectivity index (χ0) is 18.3. The van der Waals surface area contributed by atoms with E-state index in [1.807, 2.05) is 26.0 Å². The van der Waals surface area contributed by atoms with Crippen LogP contribution in [0.25, 0.3) is 11.0 Å². The van der Waals surface area contributed by atoms with Crippen LogP contribution in [0.3, 0.4) is 0 Å². The summed E-state index contributed by atoms with van der Waals surface area (Å²) in [6, 6.07) is 8.30. The van der Waals surface area contributed by atoms with Gasteiger partial charge in [0.15, 0.2) is 5.76 Å². The summed E-state index contributed by atoms with van der Waals surface area (Å²) < 4.78 is 10.6. The van der Waals surface area contributed by atoms with Crippen LogP contribution in [0.1, 0.15) is 35.9 Å². The van der Waals surface area contributed by atoms with Crippen LogP contribution in [0, 0.1) is 13.8 Å². The lowest BCUT2D eigenvalue weighted by Gasteiger charge is -2.23. The van der Waals surface area contributed by atoms with Gasteiger partial charge in [-0.15, -0.1) is 0 Å². The number of aryl methyl sites for hydroxylation is 2. The normalized spacial score (nSPS) is 17.0. The molecule has 1 aromatic carbocycles. The molecule has 3 heterocycles. The van der Waals surface area contributed by atoms with Crippen LogP contribution >= 0.6 is 0 Å². The Morgan fingerprint density at radius 1 is 1.27 bits per heavy atom. The second-order valence-corrected chi connectivity index (χ2v) is 6.61. The number of nitrogens with one attached hydrogen (secondary N) is 1. The number of nitrogens with zero attached hydrogens (tertiary/aromatic N) is 2. The van der Waals surface area contributed by atoms with Gasteiger partial charge in [-0.1, -0.05) is 5.16 Å². The van der Waals surface area contributed by atoms with Crippen LogP contribution in [0.15, 0.2) is 44.1 Å². The molecule has 1 fully saturated rings. The molecule has 134 valence electrons. The van der Waals surface area contributed by atoms with Gasteiger partial charge in [0.05, 0.1) is 11.7 Å². The minimum Gasteiger partial charge on any atom is -0.423 e. The van der Waals surface area contributed by atoms with Gasteiger partial charge < -0.3 is 19.2 Å². The maximum Gasteiger partial charge on any atom is 0.336 e. The van der Waals surface area contributed by atoms with Crippen molar-refractivity contribution in [3.05, 3.63) is 57.8 Å². The van der Waals surface area contributed by atoms with Gasteiger partial charge in [0.25, 0.3) is 0 Å². The zero-order valence-electron chi connectivity index (χ0n) is 14.6. The molecule has 1 N–H and O–H groups in total. The van der Waals surface area contributed by atoms with Gasteiger partial charge in [0.2, 0.25) is 0 Å². The maximum atomic E-state index is 12.7. The molecular weight excluding hydrogens is 334 g/mol. The van der Waals surface area contributed by atoms with Crippen LogP contribution in [0.5, 0.6) is 0 Å². The van der Waals surface area contributed by atoms with Crippen molar-refractivity contribution in [2.45, 2.75) is 32.7 Å². The topological polar surface area (TPSA) is 88.6 Å². The maximum absolute atomic E-state index is 12.7. The third-order valence-electron chi connectivity index (χ3n) is 4.69. The molecule has 1 unspecified atom stereocenters. The number of hydrogen-bond donors (Lipinski definition) is 1. The van der Waals surface area contributed by atoms with E-state index in [0.29, 0.717) is 23.6 Å². The molecule has 1 saturated heterocycles. The van der Waals surface area contributed by atoms with Gasteiger partial charge in [-0.05, 0) is 44.4 Å². The summed E-state index contributed by atoms with van der Waals surface area (Å²) in [5, 5.41) is 7.64. The zero-order valence-corrected chi connectivity index (χ0v) is 14.6. The van der Waals surface area contributed by atoms with E-state index in [-0.39, 0.29) is 12.1 Å². The van der Waals surface area contributed by atoms with E-state index in [1.54, 1.807) is 17.0 Å². The predicted octanol–water partition coefficient (Wildman–Crippen LogP) is 3.77. The Balaban J connectivity index is 1.57. The second-order valence-electron chi connectivity index (χ2n) is 6.61. The van der Waals surface area contributed by atoms with E-state index in [4.69, 9.17) is 8.94 Å². The molecule has 1 aliphatic heterocycles. The first-order chi connectivity index (χ1) is 12.5. The van der Waals surface area contributed by atoms with Crippen LogP contribution in [-0.2, 0) is 0 Å². The van der Waals surface area contributed by atoms with Crippen molar-refractivity contribution in [2.75, 3.05) is 11.9 Å². The molecule has 0 aliphatic carbocycles. The summed E-state index contributed by atoms with van der Waals surface area (Å²) in [6.07, 6.45) is 1.75. The average molecular weight is 353 g/mol. The van der Waals surface area contributed by atoms with Gasteiger partial charge in [0.1, 0.15) is 5.58 Å². The Labute approximate surface area is 149 Å². The molecule has 0 bridgehead atoms. The number of fused-ring (bicyclic) bond motifs is 1. The summed E-state index contributed by atoms with van der Waals surface area (Å²) in [6.45, 7) is 4.36. The van der Waals surface area contributed by atoms with Crippen molar-refractivity contribution in [1.29, 1.82) is 0 Å². The van der Waals surface area contributed by atoms with Gasteiger partial charge in [-0.25, -0.2) is 9.59 Å². The van der Waals surface area contributed by atoms with Crippen LogP contribution in [0.4, 0.5) is 10.5 Å². The monoisotopic (exact) mass is 353 g/mol. The van der Waals surface area contributed by atoms with E-state index in [9.17, 15) is 9.59 Å². The number of benzene rings is 1. The number of anilines is 1. The van der Waals surface area contributed by atoms with E-state index >= 15 is 0 Å². The fourth-order valence-electron chi connectivity index (χ4n) is 3.44. The summed E-state index contributed by atoms with van der Waals surface area (Å²) in [5.74, 6) is 0.704. The Morgan fingerprint density at radius 3 is 2.88 bits per heavy atom. The third kappa shape index (κ3) is 2.96. The van der Waals surface area contributed by atoms with Crippen molar-refractivity contribution < 1.29 is 13.7 Å². The summed E-state index contributed by atoms with van der Waals surface area (Å²) in [5.41, 5.74) is 2.27. The molecule has 0 saturated carbocycles. The van der Waals surface area contributed by atoms with E-state index in [1.165, 1.54) is 6.07 Å². The lowest BCUT2D eigenvalue weighted by molar-refractivity contribution is 0.195. The highest BCUT2D eigenvalue weighted by Gasteiger charge is 2.32. The number of hydrogen-bond acceptors (Lipinski definition) is 5. The highest BCUT2D eigenvalue weighted by Crippen LogP contribution is 2.33. The summed E-state index contributed by atoms with van der Waals surface area (Å²) in [7, 11) is 0. The number of urea groups is 1. The number of likely N-dealkylation sites (tertiary alicyclic amines) is 1. The fourth-order valence-corrected chi connectivity index (χ4v) is 3.44. The van der Waals surface area contributed by atoms with Crippen molar-refractivity contribution in [3.63, 3.8) is 0 Å². The molecule has 2 amide bonds. The highest BCUT2D eigenvalue weighted by atomic mass is 16.5. The summed E-state index contributed by atoms with van der Waals surface area (Å²) >= 11 is 0. The highest BCUT2D eigenvalue weighted by molar-refractivity contribution is 5.93. The fraction of sp³-hybridized carbons (Fsp3) is 0.316. The first kappa shape index (κ1) is 16.4. The Bertz CT molecular complexity index is 1040. The minimum atomic E-state index is -0.404. The average Bonchev–Trinajstić information content (AvgIpc) is 3.22. The standard InChI is InChI=1S/C19H19N3O4/c1-11-8-18(23)25-16-10-13(5-6-14(11)16)20-19(24)22-7-3-4-15(22)17-9-12(2)21-26-17/h5-6,8-10,15H,3-4,7H2,1-2H3,(H,20,24). The number of carbonyl (C=O) groups is 1. The molecule has 4 rings (SSSR count). The van der Waals surface area contributed by atoms with E-state index in [2.05, 4.69) is 10.5 Å². The van der Waals surface area contributed by atoms with Crippen molar-refractivity contribution in [1.82, 2.24) is 10.1 Å². The Hall–Kier alpha value is -3.09. The van der Waals surface area contributed by atoms with Gasteiger partial charge in [-0.3, -0.25) is 0 Å². The molecule has 3 aromatic rings. The second kappa shape index (κ2) is 6.33. The van der Waals surface area contributed by atoms with Crippen molar-refractivity contribution in [2.24, 2.45) is 0 Å². The SMILES string of the molecule is Cc1cc(C2CCCN2C(=O)Nc2ccc3c(C)cc(=O)oc3c2)on1. The molecule has 0 spiro atoms. The van der Waals surface area contributed by atoms with Gasteiger partial charge >= 0.3 is 11.7 Å². The molecular formula is C19H19N3O4. The molecule has 26 heavy (non-hydrogen) atoms. The molecule has 7 nitrogen and oxygen atoms in total. The molecule has 2 aromatic heterocycles. The number of aromatic nitrogens is 1. The van der Waals surface area contributed by atoms with E-state index < -0.39 is 5.63 Å². The largest absolute Gasteiger partial charge is 0.423 e. The number of rotatable bonds is 2. The Kier molecular flexibility index (Phi) is 3.99. The summed E-state index contributed by atoms with van der Waals surface area (Å²) in [4.78, 5) is 26.1. The van der Waals surface area contributed by atoms with Crippen molar-refractivity contribution >= 4 is 22.7 Å². The molecule has 1 atom stereocenters. The first-order valence-corrected chi connectivity index (χ1v) is 8.56. The smallest absolute Gasteiger partial charge is 0.336 e. The van der Waals surface area contributed by atoms with Gasteiger partial charge in [-0.2, -0.15) is 0 Å². The van der Waals surface area contributed by atoms with Crippen LogP contribution < -0.4 is 10.9 Å². The first-order valence-electron chi connectivity index (χ1n) is 8.56. The predicted molar refractivity (Wildman–Crippen MR) is 96.2 cm³/mol. The van der Waals surface area contributed by atoms with Gasteiger partial charge in [0, 0.05) is 35.8 Å². The lowest BCUT2D eigenvalue weighted by Crippen LogP contribution is -2.34. The Morgan fingerprint density at radius 2 is 2.12 bits per heavy atom. The molecule has 1 aliphatic rings. The lowest BCUT2D eigenvalue weighted by atomic mass is 10.1. The van der Waals surface area contributed by atoms with Crippen molar-refractivity contribution in [3.8, 4) is 0 Å². The minimum absolute atomic E-state index is 0.114. The molecule has 0 radical (unpaired) electrons. The number of carbonyl (C=O) groups excluding carboxylic acids is 1. The van der Waals surface area contributed by atoms with E-state index in [0.717, 1.165) is 29.5 Å². The quantitative estimate of drug-likeness (QED) is 0.709. The third-order valence-corrected chi connectivity index (χ3v) is 4.69. The van der Waals surface area contributed by atoms with Crippen LogP contribution in [-0.4, -0.2) is 22.6 Å². The molecule has 7 heteroatoms. The van der Waals surface area contributed by atoms with Crippen LogP contribution in [0.2, 0.25) is 0 Å². The number of amides is 2.